The maximum Gasteiger partial charge on any atom is 0.184 e. The fourth-order valence-corrected chi connectivity index (χ4v) is 3.50. The summed E-state index contributed by atoms with van der Waals surface area (Å²) in [6, 6.07) is 13.6. The maximum absolute atomic E-state index is 12.6. The van der Waals surface area contributed by atoms with E-state index in [-0.39, 0.29) is 16.3 Å². The number of anilines is 1. The van der Waals surface area contributed by atoms with Crippen molar-refractivity contribution < 1.29 is 8.42 Å². The lowest BCUT2D eigenvalue weighted by atomic mass is 10.2. The standard InChI is InChI=1S/C15H16N3O2S/c1-18(2)13-8-9-14(17-16)15(10-13)21(19,20)11-12-6-4-3-5-7-12/h3-10H,11H2,1-2H3. The van der Waals surface area contributed by atoms with Gasteiger partial charge >= 0.3 is 0 Å². The molecule has 2 aromatic carbocycles. The van der Waals surface area contributed by atoms with Crippen LogP contribution in [0.3, 0.4) is 0 Å². The van der Waals surface area contributed by atoms with Gasteiger partial charge in [0, 0.05) is 19.8 Å². The number of nitrogens with zero attached hydrogens (tertiary/aromatic N) is 3. The van der Waals surface area contributed by atoms with Gasteiger partial charge in [0.05, 0.1) is 10.6 Å². The maximum atomic E-state index is 12.6. The van der Waals surface area contributed by atoms with Crippen LogP contribution in [0.1, 0.15) is 5.56 Å². The van der Waals surface area contributed by atoms with Gasteiger partial charge in [0.1, 0.15) is 5.69 Å². The van der Waals surface area contributed by atoms with Crippen LogP contribution in [0, 0.1) is 0 Å². The summed E-state index contributed by atoms with van der Waals surface area (Å²) in [6.07, 6.45) is 0. The molecule has 1 radical (unpaired) electrons. The first-order valence-corrected chi connectivity index (χ1v) is 8.02. The summed E-state index contributed by atoms with van der Waals surface area (Å²) in [7, 11) is 0.0438. The molecule has 0 fully saturated rings. The van der Waals surface area contributed by atoms with E-state index in [0.29, 0.717) is 5.56 Å². The molecule has 0 N–H and O–H groups in total. The molecule has 0 heterocycles. The molecule has 0 unspecified atom stereocenters. The molecule has 21 heavy (non-hydrogen) atoms. The van der Waals surface area contributed by atoms with Gasteiger partial charge in [-0.1, -0.05) is 30.3 Å². The van der Waals surface area contributed by atoms with Crippen LogP contribution >= 0.6 is 0 Å². The predicted octanol–water partition coefficient (Wildman–Crippen LogP) is 2.61. The van der Waals surface area contributed by atoms with Gasteiger partial charge < -0.3 is 4.90 Å². The van der Waals surface area contributed by atoms with Gasteiger partial charge in [-0.25, -0.2) is 8.42 Å². The van der Waals surface area contributed by atoms with Crippen molar-refractivity contribution in [3.63, 3.8) is 0 Å². The summed E-state index contributed by atoms with van der Waals surface area (Å²) in [5, 5.41) is 3.08. The van der Waals surface area contributed by atoms with Gasteiger partial charge in [-0.15, -0.1) is 5.11 Å². The van der Waals surface area contributed by atoms with E-state index in [4.69, 9.17) is 5.53 Å². The average Bonchev–Trinajstić information content (AvgIpc) is 2.47. The minimum Gasteiger partial charge on any atom is -0.378 e. The van der Waals surface area contributed by atoms with Crippen LogP contribution in [0.25, 0.3) is 0 Å². The van der Waals surface area contributed by atoms with Gasteiger partial charge in [0.15, 0.2) is 9.84 Å². The molecule has 109 valence electrons. The Hall–Kier alpha value is -2.21. The molecule has 2 rings (SSSR count). The Kier molecular flexibility index (Phi) is 4.37. The van der Waals surface area contributed by atoms with Gasteiger partial charge in [0.25, 0.3) is 0 Å². The van der Waals surface area contributed by atoms with Crippen molar-refractivity contribution in [2.45, 2.75) is 10.6 Å². The molecule has 0 atom stereocenters. The van der Waals surface area contributed by atoms with Gasteiger partial charge in [0.2, 0.25) is 0 Å². The Balaban J connectivity index is 2.48. The summed E-state index contributed by atoms with van der Waals surface area (Å²) in [6.45, 7) is 0. The zero-order valence-corrected chi connectivity index (χ0v) is 12.7. The largest absolute Gasteiger partial charge is 0.378 e. The lowest BCUT2D eigenvalue weighted by Crippen LogP contribution is -2.11. The van der Waals surface area contributed by atoms with Crippen molar-refractivity contribution in [1.29, 1.82) is 0 Å². The highest BCUT2D eigenvalue weighted by Gasteiger charge is 2.20. The Labute approximate surface area is 124 Å². The summed E-state index contributed by atoms with van der Waals surface area (Å²) in [5.41, 5.74) is 10.5. The van der Waals surface area contributed by atoms with Crippen LogP contribution in [-0.4, -0.2) is 22.5 Å². The lowest BCUT2D eigenvalue weighted by Gasteiger charge is -2.15. The van der Waals surface area contributed by atoms with Crippen molar-refractivity contribution >= 4 is 21.2 Å². The SMILES string of the molecule is CN(C)c1ccc(N=[N])c(S(=O)(=O)Cc2ccccc2)c1. The number of rotatable bonds is 5. The Morgan fingerprint density at radius 3 is 2.33 bits per heavy atom. The monoisotopic (exact) mass is 302 g/mol. The van der Waals surface area contributed by atoms with Gasteiger partial charge in [-0.2, -0.15) is 0 Å². The van der Waals surface area contributed by atoms with E-state index in [1.54, 1.807) is 35.2 Å². The third-order valence-electron chi connectivity index (χ3n) is 3.10. The van der Waals surface area contributed by atoms with Crippen molar-refractivity contribution in [2.75, 3.05) is 19.0 Å². The zero-order chi connectivity index (χ0) is 15.5. The molecule has 0 aliphatic rings. The molecule has 5 nitrogen and oxygen atoms in total. The smallest absolute Gasteiger partial charge is 0.184 e. The number of benzene rings is 2. The molecule has 0 saturated heterocycles. The third kappa shape index (κ3) is 3.46. The third-order valence-corrected chi connectivity index (χ3v) is 4.81. The minimum atomic E-state index is -3.59. The summed E-state index contributed by atoms with van der Waals surface area (Å²) < 4.78 is 25.1. The van der Waals surface area contributed by atoms with Crippen molar-refractivity contribution in [3.05, 3.63) is 54.1 Å². The summed E-state index contributed by atoms with van der Waals surface area (Å²) in [4.78, 5) is 1.82. The first-order chi connectivity index (χ1) is 9.94. The minimum absolute atomic E-state index is 0.0278. The van der Waals surface area contributed by atoms with Crippen LogP contribution < -0.4 is 10.4 Å². The lowest BCUT2D eigenvalue weighted by molar-refractivity contribution is 0.595. The Bertz CT molecular complexity index is 741. The molecule has 0 saturated carbocycles. The highest BCUT2D eigenvalue weighted by molar-refractivity contribution is 7.90. The van der Waals surface area contributed by atoms with Crippen molar-refractivity contribution in [3.8, 4) is 0 Å². The van der Waals surface area contributed by atoms with Crippen molar-refractivity contribution in [2.24, 2.45) is 5.11 Å². The van der Waals surface area contributed by atoms with E-state index in [1.807, 2.05) is 20.2 Å². The van der Waals surface area contributed by atoms with Crippen LogP contribution in [0.5, 0.6) is 0 Å². The molecular weight excluding hydrogens is 286 g/mol. The quantitative estimate of drug-likeness (QED) is 0.797. The van der Waals surface area contributed by atoms with Crippen molar-refractivity contribution in [1.82, 2.24) is 5.53 Å². The summed E-state index contributed by atoms with van der Waals surface area (Å²) >= 11 is 0. The zero-order valence-electron chi connectivity index (χ0n) is 11.9. The topological polar surface area (TPSA) is 72.0 Å². The molecular formula is C15H16N3O2S. The number of hydrogen-bond donors (Lipinski definition) is 0. The summed E-state index contributed by atoms with van der Waals surface area (Å²) in [5.74, 6) is -0.132. The predicted molar refractivity (Wildman–Crippen MR) is 82.3 cm³/mol. The molecule has 0 spiro atoms. The fourth-order valence-electron chi connectivity index (χ4n) is 1.98. The fraction of sp³-hybridized carbons (Fsp3) is 0.200. The van der Waals surface area contributed by atoms with Crippen LogP contribution in [0.2, 0.25) is 0 Å². The second-order valence-corrected chi connectivity index (χ2v) is 6.85. The van der Waals surface area contributed by atoms with Crippen LogP contribution in [0.15, 0.2) is 58.5 Å². The second kappa shape index (κ2) is 6.05. The highest BCUT2D eigenvalue weighted by Crippen LogP contribution is 2.30. The van der Waals surface area contributed by atoms with Crippen LogP contribution in [-0.2, 0) is 15.6 Å². The Morgan fingerprint density at radius 2 is 1.76 bits per heavy atom. The molecule has 0 aliphatic heterocycles. The molecule has 0 amide bonds. The number of sulfone groups is 1. The molecule has 2 aromatic rings. The normalized spacial score (nSPS) is 11.1. The highest BCUT2D eigenvalue weighted by atomic mass is 32.2. The Morgan fingerprint density at radius 1 is 1.10 bits per heavy atom. The molecule has 0 aliphatic carbocycles. The number of hydrogen-bond acceptors (Lipinski definition) is 4. The molecule has 0 aromatic heterocycles. The average molecular weight is 302 g/mol. The van der Waals surface area contributed by atoms with E-state index >= 15 is 0 Å². The molecule has 0 bridgehead atoms. The van der Waals surface area contributed by atoms with Crippen LogP contribution in [0.4, 0.5) is 11.4 Å². The van der Waals surface area contributed by atoms with E-state index in [1.165, 1.54) is 12.1 Å². The van der Waals surface area contributed by atoms with E-state index in [0.717, 1.165) is 5.69 Å². The van der Waals surface area contributed by atoms with E-state index in [9.17, 15) is 8.42 Å². The van der Waals surface area contributed by atoms with E-state index < -0.39 is 9.84 Å². The van der Waals surface area contributed by atoms with Gasteiger partial charge in [-0.05, 0) is 29.3 Å². The van der Waals surface area contributed by atoms with Gasteiger partial charge in [-0.3, -0.25) is 0 Å². The second-order valence-electron chi connectivity index (χ2n) is 4.89. The van der Waals surface area contributed by atoms with E-state index in [2.05, 4.69) is 5.11 Å². The first kappa shape index (κ1) is 15.2. The first-order valence-electron chi connectivity index (χ1n) is 6.37. The molecule has 6 heteroatoms.